The molecule has 5 nitrogen and oxygen atoms in total. The maximum Gasteiger partial charge on any atom is 0.141 e. The van der Waals surface area contributed by atoms with Crippen LogP contribution in [-0.2, 0) is 11.8 Å². The van der Waals surface area contributed by atoms with Gasteiger partial charge in [-0.1, -0.05) is 5.16 Å². The van der Waals surface area contributed by atoms with Gasteiger partial charge in [0.05, 0.1) is 42.9 Å². The highest BCUT2D eigenvalue weighted by Crippen LogP contribution is 2.38. The van der Waals surface area contributed by atoms with E-state index in [4.69, 9.17) is 41.3 Å². The average molecular weight is 310 g/mol. The van der Waals surface area contributed by atoms with Crippen molar-refractivity contribution in [2.75, 3.05) is 0 Å². The minimum atomic E-state index is -1.55. The number of amidine groups is 1. The maximum absolute atomic E-state index is 7.96. The Morgan fingerprint density at radius 2 is 1.96 bits per heavy atom. The fraction of sp³-hybridized carbons (Fsp3) is 0.400. The number of fused-ring (bicyclic) bond motifs is 1. The van der Waals surface area contributed by atoms with Crippen LogP contribution in [0.15, 0.2) is 16.8 Å². The molecular weight excluding hydrogens is 295 g/mol. The summed E-state index contributed by atoms with van der Waals surface area (Å²) in [7, 11) is 24.9. The summed E-state index contributed by atoms with van der Waals surface area (Å²) in [6, 6.07) is 1.83. The number of aromatic nitrogens is 2. The first-order valence-electron chi connectivity index (χ1n) is 7.49. The highest BCUT2D eigenvalue weighted by molar-refractivity contribution is 6.46. The van der Waals surface area contributed by atoms with Crippen molar-refractivity contribution in [2.24, 2.45) is 0 Å². The smallest absolute Gasteiger partial charge is 0.141 e. The van der Waals surface area contributed by atoms with Crippen LogP contribution in [0, 0.1) is 19.3 Å². The molecule has 8 radical (unpaired) electrons. The van der Waals surface area contributed by atoms with Gasteiger partial charge in [0.15, 0.2) is 0 Å². The minimum absolute atomic E-state index is 0.0818. The van der Waals surface area contributed by atoms with Gasteiger partial charge in [-0.3, -0.25) is 10.4 Å². The van der Waals surface area contributed by atoms with Crippen LogP contribution >= 0.6 is 0 Å². The molecule has 0 saturated heterocycles. The second-order valence-electron chi connectivity index (χ2n) is 6.33. The van der Waals surface area contributed by atoms with Gasteiger partial charge in [-0.2, -0.15) is 0 Å². The third-order valence-corrected chi connectivity index (χ3v) is 4.30. The molecule has 0 amide bonds. The fourth-order valence-electron chi connectivity index (χ4n) is 3.41. The van der Waals surface area contributed by atoms with Crippen molar-refractivity contribution in [3.63, 3.8) is 0 Å². The molecule has 1 aliphatic heterocycles. The average Bonchev–Trinajstić information content (AvgIpc) is 2.76. The molecule has 0 spiro atoms. The third-order valence-electron chi connectivity index (χ3n) is 4.30. The van der Waals surface area contributed by atoms with Crippen molar-refractivity contribution in [2.45, 2.75) is 37.9 Å². The summed E-state index contributed by atoms with van der Waals surface area (Å²) in [5.41, 5.74) is 3.55. The van der Waals surface area contributed by atoms with Crippen molar-refractivity contribution in [1.29, 1.82) is 5.41 Å². The molecule has 0 saturated carbocycles. The molecule has 1 N–H and O–H groups in total. The lowest BCUT2D eigenvalue weighted by atomic mass is 9.46. The number of hydrogen-bond acceptors (Lipinski definition) is 4. The third kappa shape index (κ3) is 2.41. The molecule has 0 fully saturated rings. The van der Waals surface area contributed by atoms with Crippen LogP contribution in [0.5, 0.6) is 0 Å². The summed E-state index contributed by atoms with van der Waals surface area (Å²) in [5.74, 6) is 0.759. The Morgan fingerprint density at radius 3 is 2.50 bits per heavy atom. The summed E-state index contributed by atoms with van der Waals surface area (Å²) in [6.07, 6.45) is 1.92. The lowest BCUT2D eigenvalue weighted by molar-refractivity contribution is 0.266. The maximum atomic E-state index is 7.96. The summed E-state index contributed by atoms with van der Waals surface area (Å²) < 4.78 is 5.21. The predicted octanol–water partition coefficient (Wildman–Crippen LogP) is 0.647. The molecule has 0 bridgehead atoms. The van der Waals surface area contributed by atoms with Gasteiger partial charge >= 0.3 is 0 Å². The van der Waals surface area contributed by atoms with Crippen molar-refractivity contribution < 1.29 is 4.52 Å². The van der Waals surface area contributed by atoms with Crippen LogP contribution < -0.4 is 0 Å². The van der Waals surface area contributed by atoms with Gasteiger partial charge in [0.25, 0.3) is 0 Å². The molecule has 0 unspecified atom stereocenters. The van der Waals surface area contributed by atoms with Crippen LogP contribution in [0.1, 0.15) is 29.6 Å². The lowest BCUT2D eigenvalue weighted by Crippen LogP contribution is -2.66. The molecule has 2 aromatic heterocycles. The van der Waals surface area contributed by atoms with Crippen molar-refractivity contribution in [3.8, 4) is 11.1 Å². The number of nitrogens with one attached hydrogen (secondary N) is 1. The van der Waals surface area contributed by atoms with E-state index in [2.05, 4.69) is 10.1 Å². The number of rotatable bonds is 1. The van der Waals surface area contributed by atoms with E-state index in [1.807, 2.05) is 19.9 Å². The van der Waals surface area contributed by atoms with E-state index in [0.29, 0.717) is 17.0 Å². The van der Waals surface area contributed by atoms with Crippen molar-refractivity contribution >= 4 is 37.2 Å². The van der Waals surface area contributed by atoms with Gasteiger partial charge in [0.1, 0.15) is 5.76 Å². The molecule has 0 atom stereocenters. The summed E-state index contributed by atoms with van der Waals surface area (Å²) >= 11 is 0. The number of hydrogen-bond donors (Lipinski definition) is 1. The zero-order valence-corrected chi connectivity index (χ0v) is 13.9. The molecule has 0 aromatic carbocycles. The standard InChI is InChI=1S/C15H14B4N4O/c1-7-13(8(2)24-22-7)10-4-11-12(21-6-10)5-14(16,17)23(9(3)20)15(11,18)19/h4,6,20H,5H2,1-3H3. The van der Waals surface area contributed by atoms with Crippen LogP contribution in [0.4, 0.5) is 0 Å². The Bertz CT molecular complexity index is 811. The highest BCUT2D eigenvalue weighted by atomic mass is 16.5. The van der Waals surface area contributed by atoms with E-state index in [-0.39, 0.29) is 12.3 Å². The Labute approximate surface area is 146 Å². The number of nitrogens with zero attached hydrogens (tertiary/aromatic N) is 3. The highest BCUT2D eigenvalue weighted by Gasteiger charge is 2.43. The van der Waals surface area contributed by atoms with Gasteiger partial charge in [0.2, 0.25) is 0 Å². The molecular formula is C15H14B4N4O. The summed E-state index contributed by atoms with van der Waals surface area (Å²) in [5, 5.41) is 8.98. The van der Waals surface area contributed by atoms with E-state index in [0.717, 1.165) is 16.8 Å². The second kappa shape index (κ2) is 5.30. The molecule has 112 valence electrons. The molecule has 9 heteroatoms. The molecule has 1 aliphatic rings. The first-order valence-corrected chi connectivity index (χ1v) is 7.49. The van der Waals surface area contributed by atoms with Gasteiger partial charge in [-0.25, -0.2) is 0 Å². The minimum Gasteiger partial charge on any atom is -0.380 e. The zero-order chi connectivity index (χ0) is 17.9. The van der Waals surface area contributed by atoms with Gasteiger partial charge in [0, 0.05) is 23.0 Å². The van der Waals surface area contributed by atoms with Crippen LogP contribution in [0.2, 0.25) is 0 Å². The Hall–Kier alpha value is -1.91. The Kier molecular flexibility index (Phi) is 3.74. The molecule has 24 heavy (non-hydrogen) atoms. The van der Waals surface area contributed by atoms with E-state index in [1.54, 1.807) is 13.1 Å². The topological polar surface area (TPSA) is 66.0 Å². The van der Waals surface area contributed by atoms with E-state index in [1.165, 1.54) is 4.90 Å². The number of aryl methyl sites for hydroxylation is 2. The zero-order valence-electron chi connectivity index (χ0n) is 13.9. The Balaban J connectivity index is 2.20. The van der Waals surface area contributed by atoms with Gasteiger partial charge in [-0.15, -0.1) is 0 Å². The van der Waals surface area contributed by atoms with E-state index >= 15 is 0 Å². The van der Waals surface area contributed by atoms with Gasteiger partial charge < -0.3 is 9.42 Å². The van der Waals surface area contributed by atoms with E-state index in [9.17, 15) is 0 Å². The fourth-order valence-corrected chi connectivity index (χ4v) is 3.41. The monoisotopic (exact) mass is 310 g/mol. The van der Waals surface area contributed by atoms with E-state index < -0.39 is 10.7 Å². The first kappa shape index (κ1) is 16.9. The number of pyridine rings is 1. The molecule has 3 rings (SSSR count). The quantitative estimate of drug-likeness (QED) is 0.477. The Morgan fingerprint density at radius 1 is 1.29 bits per heavy atom. The van der Waals surface area contributed by atoms with Crippen LogP contribution in [0.3, 0.4) is 0 Å². The van der Waals surface area contributed by atoms with Crippen LogP contribution in [-0.4, -0.2) is 57.6 Å². The second-order valence-corrected chi connectivity index (χ2v) is 6.33. The largest absolute Gasteiger partial charge is 0.380 e. The normalized spacial score (nSPS) is 18.2. The van der Waals surface area contributed by atoms with Crippen LogP contribution in [0.25, 0.3) is 11.1 Å². The summed E-state index contributed by atoms with van der Waals surface area (Å²) in [4.78, 5) is 5.76. The molecule has 0 aliphatic carbocycles. The SMILES string of the molecule is [B]C1([B])Cc2ncc(-c3c(C)noc3C)cc2C([B])([B])N1C(C)=N. The summed E-state index contributed by atoms with van der Waals surface area (Å²) in [6.45, 7) is 5.22. The molecule has 2 aromatic rings. The predicted molar refractivity (Wildman–Crippen MR) is 95.6 cm³/mol. The molecule has 3 heterocycles. The van der Waals surface area contributed by atoms with Crippen molar-refractivity contribution in [1.82, 2.24) is 15.0 Å². The lowest BCUT2D eigenvalue weighted by Gasteiger charge is -2.56. The van der Waals surface area contributed by atoms with Crippen molar-refractivity contribution in [3.05, 3.63) is 35.0 Å². The first-order chi connectivity index (χ1) is 11.1. The van der Waals surface area contributed by atoms with Gasteiger partial charge in [-0.05, 0) is 49.5 Å².